The molecule has 25 heavy (non-hydrogen) atoms. The van der Waals surface area contributed by atoms with Gasteiger partial charge in [-0.15, -0.1) is 0 Å². The fourth-order valence-electron chi connectivity index (χ4n) is 2.07. The average molecular weight is 388 g/mol. The first kappa shape index (κ1) is 26.9. The van der Waals surface area contributed by atoms with E-state index in [0.717, 1.165) is 13.0 Å². The SMILES string of the molecule is CCCCCCCCCCOCCOCCOCCOS(=O)(=O)[O-].[NH4+]. The highest BCUT2D eigenvalue weighted by molar-refractivity contribution is 7.80. The first-order valence-electron chi connectivity index (χ1n) is 8.89. The molecule has 0 aliphatic heterocycles. The molecule has 0 fully saturated rings. The van der Waals surface area contributed by atoms with Crippen LogP contribution in [0.15, 0.2) is 0 Å². The van der Waals surface area contributed by atoms with Gasteiger partial charge in [0, 0.05) is 6.61 Å². The van der Waals surface area contributed by atoms with E-state index in [0.29, 0.717) is 26.4 Å². The predicted molar refractivity (Wildman–Crippen MR) is 96.7 cm³/mol. The molecule has 0 aliphatic rings. The summed E-state index contributed by atoms with van der Waals surface area (Å²) in [6.45, 7) is 4.56. The van der Waals surface area contributed by atoms with Crippen LogP contribution in [0.5, 0.6) is 0 Å². The lowest BCUT2D eigenvalue weighted by molar-refractivity contribution is 0.00847. The van der Waals surface area contributed by atoms with Gasteiger partial charge in [0.05, 0.1) is 39.6 Å². The van der Waals surface area contributed by atoms with Crippen molar-refractivity contribution in [2.45, 2.75) is 58.3 Å². The number of hydrogen-bond donors (Lipinski definition) is 1. The molecule has 0 aromatic carbocycles. The van der Waals surface area contributed by atoms with Crippen LogP contribution in [0.2, 0.25) is 0 Å². The largest absolute Gasteiger partial charge is 0.726 e. The summed E-state index contributed by atoms with van der Waals surface area (Å²) in [4.78, 5) is 0. The van der Waals surface area contributed by atoms with E-state index >= 15 is 0 Å². The molecule has 0 heterocycles. The maximum absolute atomic E-state index is 10.1. The molecule has 4 N–H and O–H groups in total. The monoisotopic (exact) mass is 387 g/mol. The molecule has 0 aliphatic carbocycles. The van der Waals surface area contributed by atoms with Crippen LogP contribution < -0.4 is 6.15 Å². The second kappa shape index (κ2) is 20.0. The third kappa shape index (κ3) is 26.1. The van der Waals surface area contributed by atoms with Gasteiger partial charge in [-0.25, -0.2) is 8.42 Å². The molecule has 9 heteroatoms. The number of quaternary nitrogens is 1. The second-order valence-corrected chi connectivity index (χ2v) is 6.59. The Morgan fingerprint density at radius 1 is 0.640 bits per heavy atom. The Labute approximate surface area is 153 Å². The summed E-state index contributed by atoms with van der Waals surface area (Å²) in [7, 11) is -4.62. The van der Waals surface area contributed by atoms with E-state index in [-0.39, 0.29) is 19.4 Å². The zero-order valence-electron chi connectivity index (χ0n) is 15.9. The second-order valence-electron chi connectivity index (χ2n) is 5.54. The highest BCUT2D eigenvalue weighted by Gasteiger charge is 1.96. The van der Waals surface area contributed by atoms with Crippen LogP contribution in [0.3, 0.4) is 0 Å². The van der Waals surface area contributed by atoms with Crippen LogP contribution in [-0.2, 0) is 28.8 Å². The van der Waals surface area contributed by atoms with Crippen LogP contribution in [0.4, 0.5) is 0 Å². The fraction of sp³-hybridized carbons (Fsp3) is 1.00. The summed E-state index contributed by atoms with van der Waals surface area (Å²) >= 11 is 0. The van der Waals surface area contributed by atoms with Gasteiger partial charge in [-0.2, -0.15) is 0 Å². The molecule has 0 aromatic heterocycles. The van der Waals surface area contributed by atoms with Crippen LogP contribution in [0.1, 0.15) is 58.3 Å². The van der Waals surface area contributed by atoms with Gasteiger partial charge >= 0.3 is 0 Å². The molecular weight excluding hydrogens is 350 g/mol. The molecule has 0 spiro atoms. The maximum atomic E-state index is 10.1. The zero-order valence-corrected chi connectivity index (χ0v) is 16.7. The van der Waals surface area contributed by atoms with Crippen molar-refractivity contribution < 1.29 is 31.4 Å². The van der Waals surface area contributed by atoms with Gasteiger partial charge < -0.3 is 24.9 Å². The van der Waals surface area contributed by atoms with Crippen molar-refractivity contribution in [1.29, 1.82) is 0 Å². The summed E-state index contributed by atoms with van der Waals surface area (Å²) < 4.78 is 50.2. The Hall–Kier alpha value is -0.290. The van der Waals surface area contributed by atoms with E-state index in [1.165, 1.54) is 44.9 Å². The topological polar surface area (TPSA) is 131 Å². The Kier molecular flexibility index (Phi) is 21.6. The summed E-state index contributed by atoms with van der Waals surface area (Å²) in [6, 6.07) is 0. The minimum Gasteiger partial charge on any atom is -0.726 e. The quantitative estimate of drug-likeness (QED) is 0.205. The first-order valence-corrected chi connectivity index (χ1v) is 10.2. The predicted octanol–water partition coefficient (Wildman–Crippen LogP) is 3.03. The molecule has 0 rings (SSSR count). The molecular formula is C16H37NO7S. The molecule has 0 aromatic rings. The van der Waals surface area contributed by atoms with Crippen molar-refractivity contribution in [1.82, 2.24) is 6.15 Å². The van der Waals surface area contributed by atoms with E-state index in [1.54, 1.807) is 0 Å². The smallest absolute Gasteiger partial charge is 0.217 e. The summed E-state index contributed by atoms with van der Waals surface area (Å²) in [5, 5.41) is 0. The molecule has 0 bridgehead atoms. The van der Waals surface area contributed by atoms with Crippen molar-refractivity contribution in [3.8, 4) is 0 Å². The van der Waals surface area contributed by atoms with Crippen LogP contribution in [0.25, 0.3) is 0 Å². The van der Waals surface area contributed by atoms with Crippen molar-refractivity contribution in [2.24, 2.45) is 0 Å². The van der Waals surface area contributed by atoms with Gasteiger partial charge in [0.2, 0.25) is 10.4 Å². The molecule has 0 saturated carbocycles. The Morgan fingerprint density at radius 2 is 1.04 bits per heavy atom. The van der Waals surface area contributed by atoms with E-state index < -0.39 is 10.4 Å². The minimum atomic E-state index is -4.62. The van der Waals surface area contributed by atoms with Crippen molar-refractivity contribution >= 4 is 10.4 Å². The Morgan fingerprint density at radius 3 is 1.52 bits per heavy atom. The molecule has 0 atom stereocenters. The molecule has 0 saturated heterocycles. The third-order valence-electron chi connectivity index (χ3n) is 3.34. The Balaban J connectivity index is 0. The first-order chi connectivity index (χ1) is 11.6. The number of ether oxygens (including phenoxy) is 3. The summed E-state index contributed by atoms with van der Waals surface area (Å²) in [5.74, 6) is 0. The van der Waals surface area contributed by atoms with Crippen LogP contribution >= 0.6 is 0 Å². The van der Waals surface area contributed by atoms with Crippen molar-refractivity contribution in [2.75, 3.05) is 46.2 Å². The maximum Gasteiger partial charge on any atom is 0.217 e. The van der Waals surface area contributed by atoms with Gasteiger partial charge in [0.1, 0.15) is 0 Å². The van der Waals surface area contributed by atoms with E-state index in [4.69, 9.17) is 14.2 Å². The van der Waals surface area contributed by atoms with E-state index in [1.807, 2.05) is 0 Å². The standard InChI is InChI=1S/C16H34O7S.H3N/c1-2-3-4-5-6-7-8-9-10-20-11-12-21-13-14-22-15-16-23-24(17,18)19;/h2-16H2,1H3,(H,17,18,19);1H3. The third-order valence-corrected chi connectivity index (χ3v) is 3.80. The number of unbranched alkanes of at least 4 members (excludes halogenated alkanes) is 7. The Bertz CT molecular complexity index is 352. The van der Waals surface area contributed by atoms with Gasteiger partial charge in [-0.1, -0.05) is 51.9 Å². The number of hydrogen-bond acceptors (Lipinski definition) is 7. The van der Waals surface area contributed by atoms with Gasteiger partial charge in [0.15, 0.2) is 0 Å². The highest BCUT2D eigenvalue weighted by Crippen LogP contribution is 2.08. The van der Waals surface area contributed by atoms with E-state index in [9.17, 15) is 13.0 Å². The molecule has 0 radical (unpaired) electrons. The van der Waals surface area contributed by atoms with E-state index in [2.05, 4.69) is 11.1 Å². The van der Waals surface area contributed by atoms with Gasteiger partial charge in [-0.05, 0) is 6.42 Å². The van der Waals surface area contributed by atoms with Crippen LogP contribution in [-0.4, -0.2) is 59.2 Å². The lowest BCUT2D eigenvalue weighted by Crippen LogP contribution is -2.13. The number of rotatable bonds is 19. The molecule has 8 nitrogen and oxygen atoms in total. The van der Waals surface area contributed by atoms with Gasteiger partial charge in [0.25, 0.3) is 0 Å². The summed E-state index contributed by atoms with van der Waals surface area (Å²) in [5.41, 5.74) is 0. The molecule has 154 valence electrons. The molecule has 0 unspecified atom stereocenters. The van der Waals surface area contributed by atoms with Crippen molar-refractivity contribution in [3.05, 3.63) is 0 Å². The highest BCUT2D eigenvalue weighted by atomic mass is 32.3. The lowest BCUT2D eigenvalue weighted by Gasteiger charge is -2.08. The minimum absolute atomic E-state index is 0. The van der Waals surface area contributed by atoms with Gasteiger partial charge in [-0.3, -0.25) is 4.18 Å². The zero-order chi connectivity index (χ0) is 17.9. The average Bonchev–Trinajstić information content (AvgIpc) is 2.52. The normalized spacial score (nSPS) is 11.4. The van der Waals surface area contributed by atoms with Crippen LogP contribution in [0, 0.1) is 0 Å². The van der Waals surface area contributed by atoms with Crippen molar-refractivity contribution in [3.63, 3.8) is 0 Å². The summed E-state index contributed by atoms with van der Waals surface area (Å²) in [6.07, 6.45) is 10.3. The molecule has 0 amide bonds. The lowest BCUT2D eigenvalue weighted by atomic mass is 10.1. The fourth-order valence-corrected chi connectivity index (χ4v) is 2.35.